The van der Waals surface area contributed by atoms with Gasteiger partial charge in [0.2, 0.25) is 10.0 Å². The predicted octanol–water partition coefficient (Wildman–Crippen LogP) is 8.97. The number of hydrogen-bond acceptors (Lipinski definition) is 6. The number of hydrogen-bond donors (Lipinski definition) is 1. The van der Waals surface area contributed by atoms with Crippen molar-refractivity contribution in [1.82, 2.24) is 19.3 Å². The van der Waals surface area contributed by atoms with E-state index in [9.17, 15) is 13.2 Å². The maximum Gasteiger partial charge on any atom is 0.331 e. The van der Waals surface area contributed by atoms with E-state index in [1.807, 2.05) is 64.1 Å². The number of sulfonamides is 1. The second-order valence-corrected chi connectivity index (χ2v) is 16.7. The Hall–Kier alpha value is -4.08. The lowest BCUT2D eigenvalue weighted by Crippen LogP contribution is -2.41. The standard InChI is InChI=1S/C41H54N4O4S/c1-28(2)24-34(27-49-39(46)25-30(4)13-10-12-29(3)15-20-36-31(5)14-11-22-41(36,7)8)45(9)50(47,48)35-18-16-33(17-19-35)26-38-40-37(21-23-42-38)43-32(6)44-40/h10,12-13,15-21,23,25,28,34H,11,14,22,24,26-27H2,1-9H3,(H,43,44)/t34-/m0/s1. The second-order valence-electron chi connectivity index (χ2n) is 14.7. The van der Waals surface area contributed by atoms with Crippen LogP contribution in [0.15, 0.2) is 100 Å². The number of benzene rings is 1. The minimum atomic E-state index is -3.85. The summed E-state index contributed by atoms with van der Waals surface area (Å²) in [5.41, 5.74) is 8.44. The van der Waals surface area contributed by atoms with Crippen molar-refractivity contribution in [3.63, 3.8) is 0 Å². The van der Waals surface area contributed by atoms with Crippen molar-refractivity contribution in [2.75, 3.05) is 13.7 Å². The highest BCUT2D eigenvalue weighted by Gasteiger charge is 2.30. The van der Waals surface area contributed by atoms with Gasteiger partial charge in [-0.15, -0.1) is 0 Å². The molecule has 1 aliphatic rings. The number of aromatic amines is 1. The second kappa shape index (κ2) is 16.8. The number of likely N-dealkylation sites (N-methyl/N-ethyl adjacent to an activating group) is 1. The summed E-state index contributed by atoms with van der Waals surface area (Å²) in [5, 5.41) is 0. The zero-order valence-corrected chi connectivity index (χ0v) is 32.0. The van der Waals surface area contributed by atoms with Crippen LogP contribution in [0.2, 0.25) is 0 Å². The van der Waals surface area contributed by atoms with E-state index in [4.69, 9.17) is 4.74 Å². The van der Waals surface area contributed by atoms with E-state index in [1.54, 1.807) is 25.4 Å². The van der Waals surface area contributed by atoms with Crippen LogP contribution in [0.5, 0.6) is 0 Å². The fraction of sp³-hybridized carbons (Fsp3) is 0.439. The maximum absolute atomic E-state index is 13.7. The lowest BCUT2D eigenvalue weighted by atomic mass is 9.72. The molecule has 50 heavy (non-hydrogen) atoms. The number of nitrogens with zero attached hydrogens (tertiary/aromatic N) is 3. The lowest BCUT2D eigenvalue weighted by molar-refractivity contribution is -0.139. The Morgan fingerprint density at radius 3 is 2.48 bits per heavy atom. The summed E-state index contributed by atoms with van der Waals surface area (Å²) in [4.78, 5) is 25.2. The van der Waals surface area contributed by atoms with Gasteiger partial charge >= 0.3 is 5.97 Å². The van der Waals surface area contributed by atoms with Crippen LogP contribution >= 0.6 is 0 Å². The van der Waals surface area contributed by atoms with Crippen molar-refractivity contribution >= 4 is 27.0 Å². The zero-order chi connectivity index (χ0) is 36.6. The normalized spacial score (nSPS) is 16.8. The highest BCUT2D eigenvalue weighted by Crippen LogP contribution is 2.40. The maximum atomic E-state index is 13.7. The van der Waals surface area contributed by atoms with Crippen LogP contribution in [0, 0.1) is 18.3 Å². The molecule has 1 atom stereocenters. The van der Waals surface area contributed by atoms with Crippen LogP contribution < -0.4 is 0 Å². The predicted molar refractivity (Wildman–Crippen MR) is 203 cm³/mol. The molecular weight excluding hydrogens is 645 g/mol. The van der Waals surface area contributed by atoms with E-state index in [-0.39, 0.29) is 22.8 Å². The van der Waals surface area contributed by atoms with Gasteiger partial charge in [0.1, 0.15) is 17.9 Å². The molecule has 3 aromatic rings. The summed E-state index contributed by atoms with van der Waals surface area (Å²) in [6.07, 6.45) is 18.1. The summed E-state index contributed by atoms with van der Waals surface area (Å²) < 4.78 is 34.4. The number of fused-ring (bicyclic) bond motifs is 1. The summed E-state index contributed by atoms with van der Waals surface area (Å²) >= 11 is 0. The number of rotatable bonds is 14. The zero-order valence-electron chi connectivity index (χ0n) is 31.2. The number of ether oxygens (including phenoxy) is 1. The van der Waals surface area contributed by atoms with Gasteiger partial charge in [0, 0.05) is 25.7 Å². The number of carbonyl (C=O) groups excluding carboxylic acids is 1. The molecule has 4 rings (SSSR count). The molecule has 0 saturated carbocycles. The molecule has 8 nitrogen and oxygen atoms in total. The first-order valence-corrected chi connectivity index (χ1v) is 19.0. The number of carbonyl (C=O) groups is 1. The highest BCUT2D eigenvalue weighted by atomic mass is 32.2. The fourth-order valence-electron chi connectivity index (χ4n) is 6.53. The van der Waals surface area contributed by atoms with Gasteiger partial charge in [-0.25, -0.2) is 18.2 Å². The first kappa shape index (κ1) is 38.7. The number of aromatic nitrogens is 3. The Kier molecular flexibility index (Phi) is 13.0. The van der Waals surface area contributed by atoms with Gasteiger partial charge in [0.15, 0.2) is 0 Å². The fourth-order valence-corrected chi connectivity index (χ4v) is 7.88. The Morgan fingerprint density at radius 2 is 1.80 bits per heavy atom. The van der Waals surface area contributed by atoms with Crippen LogP contribution in [0.3, 0.4) is 0 Å². The molecule has 1 N–H and O–H groups in total. The molecule has 0 spiro atoms. The van der Waals surface area contributed by atoms with Gasteiger partial charge in [0.05, 0.1) is 22.1 Å². The third-order valence-corrected chi connectivity index (χ3v) is 11.3. The molecule has 268 valence electrons. The van der Waals surface area contributed by atoms with Crippen molar-refractivity contribution < 1.29 is 17.9 Å². The number of imidazole rings is 1. The Morgan fingerprint density at radius 1 is 1.08 bits per heavy atom. The molecule has 2 aromatic heterocycles. The van der Waals surface area contributed by atoms with E-state index in [0.717, 1.165) is 45.7 Å². The largest absolute Gasteiger partial charge is 0.461 e. The quantitative estimate of drug-likeness (QED) is 0.102. The van der Waals surface area contributed by atoms with E-state index in [2.05, 4.69) is 54.8 Å². The summed E-state index contributed by atoms with van der Waals surface area (Å²) in [5.74, 6) is 0.500. The molecule has 0 radical (unpaired) electrons. The molecule has 0 aliphatic heterocycles. The number of nitrogens with one attached hydrogen (secondary N) is 1. The Bertz CT molecular complexity index is 1930. The molecule has 1 aromatic carbocycles. The molecule has 2 heterocycles. The third-order valence-electron chi connectivity index (χ3n) is 9.36. The van der Waals surface area contributed by atoms with Crippen LogP contribution in [-0.4, -0.2) is 53.3 Å². The number of esters is 1. The monoisotopic (exact) mass is 698 g/mol. The first-order chi connectivity index (χ1) is 23.6. The molecule has 0 saturated heterocycles. The van der Waals surface area contributed by atoms with Gasteiger partial charge in [-0.1, -0.05) is 81.4 Å². The summed E-state index contributed by atoms with van der Waals surface area (Å²) in [6, 6.07) is 8.22. The number of allylic oxidation sites excluding steroid dienone is 9. The van der Waals surface area contributed by atoms with Gasteiger partial charge in [-0.2, -0.15) is 4.31 Å². The van der Waals surface area contributed by atoms with E-state index < -0.39 is 22.0 Å². The summed E-state index contributed by atoms with van der Waals surface area (Å²) in [6.45, 7) is 16.7. The van der Waals surface area contributed by atoms with Crippen molar-refractivity contribution in [3.8, 4) is 0 Å². The minimum absolute atomic E-state index is 0.0491. The third kappa shape index (κ3) is 10.2. The van der Waals surface area contributed by atoms with E-state index in [0.29, 0.717) is 12.8 Å². The molecule has 0 unspecified atom stereocenters. The Balaban J connectivity index is 1.37. The molecule has 9 heteroatoms. The van der Waals surface area contributed by atoms with Crippen molar-refractivity contribution in [2.24, 2.45) is 11.3 Å². The average molecular weight is 699 g/mol. The van der Waals surface area contributed by atoms with Gasteiger partial charge < -0.3 is 9.72 Å². The molecule has 1 aliphatic carbocycles. The molecule has 0 amide bonds. The highest BCUT2D eigenvalue weighted by molar-refractivity contribution is 7.89. The SMILES string of the molecule is CC(C=CC1=C(C)CCCC1(C)C)=CC=CC(C)=CC(=O)OC[C@H](CC(C)C)N(C)S(=O)(=O)c1ccc(Cc2nccc3[nH]c(C)nc23)cc1. The summed E-state index contributed by atoms with van der Waals surface area (Å²) in [7, 11) is -2.30. The van der Waals surface area contributed by atoms with Crippen molar-refractivity contribution in [3.05, 3.63) is 112 Å². The first-order valence-electron chi connectivity index (χ1n) is 17.5. The molecular formula is C41H54N4O4S. The topological polar surface area (TPSA) is 105 Å². The van der Waals surface area contributed by atoms with Crippen molar-refractivity contribution in [1.29, 1.82) is 0 Å². The number of H-pyrrole nitrogens is 1. The van der Waals surface area contributed by atoms with Crippen molar-refractivity contribution in [2.45, 2.75) is 98.4 Å². The number of aryl methyl sites for hydroxylation is 1. The van der Waals surface area contributed by atoms with E-state index in [1.165, 1.54) is 34.4 Å². The average Bonchev–Trinajstić information content (AvgIpc) is 3.43. The van der Waals surface area contributed by atoms with Gasteiger partial charge in [-0.3, -0.25) is 4.98 Å². The lowest BCUT2D eigenvalue weighted by Gasteiger charge is -2.32. The number of pyridine rings is 1. The minimum Gasteiger partial charge on any atom is -0.461 e. The van der Waals surface area contributed by atoms with E-state index >= 15 is 0 Å². The van der Waals surface area contributed by atoms with Crippen LogP contribution in [0.4, 0.5) is 0 Å². The molecule has 0 fully saturated rings. The van der Waals surface area contributed by atoms with Gasteiger partial charge in [-0.05, 0) is 99.6 Å². The van der Waals surface area contributed by atoms with Gasteiger partial charge in [0.25, 0.3) is 0 Å². The van der Waals surface area contributed by atoms with Crippen LogP contribution in [0.1, 0.15) is 91.2 Å². The molecule has 0 bridgehead atoms. The Labute approximate surface area is 299 Å². The van der Waals surface area contributed by atoms with Crippen LogP contribution in [-0.2, 0) is 26.0 Å². The van der Waals surface area contributed by atoms with Crippen LogP contribution in [0.25, 0.3) is 11.0 Å². The smallest absolute Gasteiger partial charge is 0.331 e.